The Hall–Kier alpha value is -1.55. The Kier molecular flexibility index (Phi) is 2.76. The molecule has 0 aliphatic carbocycles. The van der Waals surface area contributed by atoms with Crippen molar-refractivity contribution in [3.63, 3.8) is 0 Å². The minimum atomic E-state index is -1.19. The summed E-state index contributed by atoms with van der Waals surface area (Å²) in [5, 5.41) is 17.6. The molecule has 0 heterocycles. The fourth-order valence-corrected chi connectivity index (χ4v) is 1.34. The maximum absolute atomic E-state index is 10.7. The number of carbonyl (C=O) groups is 2. The van der Waals surface area contributed by atoms with E-state index in [0.29, 0.717) is 0 Å². The topological polar surface area (TPSA) is 74.6 Å². The molecule has 0 atom stereocenters. The number of benzene rings is 1. The Bertz CT molecular complexity index is 376. The maximum atomic E-state index is 10.7. The van der Waals surface area contributed by atoms with Crippen LogP contribution in [0.2, 0.25) is 5.02 Å². The molecular formula is C9H7ClO4. The van der Waals surface area contributed by atoms with Crippen LogP contribution >= 0.6 is 11.6 Å². The molecule has 1 rings (SSSR count). The van der Waals surface area contributed by atoms with Gasteiger partial charge >= 0.3 is 11.9 Å². The van der Waals surface area contributed by atoms with Gasteiger partial charge in [0, 0.05) is 5.02 Å². The van der Waals surface area contributed by atoms with Crippen LogP contribution in [0.1, 0.15) is 26.3 Å². The molecule has 0 unspecified atom stereocenters. The Morgan fingerprint density at radius 1 is 1.14 bits per heavy atom. The lowest BCUT2D eigenvalue weighted by Crippen LogP contribution is -2.07. The molecule has 0 aromatic heterocycles. The van der Waals surface area contributed by atoms with Crippen molar-refractivity contribution in [2.45, 2.75) is 6.92 Å². The van der Waals surface area contributed by atoms with E-state index in [-0.39, 0.29) is 21.7 Å². The van der Waals surface area contributed by atoms with E-state index in [2.05, 4.69) is 0 Å². The fourth-order valence-electron chi connectivity index (χ4n) is 1.12. The molecule has 1 aromatic rings. The highest BCUT2D eigenvalue weighted by molar-refractivity contribution is 6.31. The van der Waals surface area contributed by atoms with Gasteiger partial charge in [-0.15, -0.1) is 0 Å². The highest BCUT2D eigenvalue weighted by Gasteiger charge is 2.16. The Labute approximate surface area is 84.7 Å². The third kappa shape index (κ3) is 1.85. The number of halogens is 1. The van der Waals surface area contributed by atoms with Crippen molar-refractivity contribution in [2.24, 2.45) is 0 Å². The van der Waals surface area contributed by atoms with Crippen molar-refractivity contribution in [3.05, 3.63) is 33.8 Å². The Morgan fingerprint density at radius 3 is 1.79 bits per heavy atom. The van der Waals surface area contributed by atoms with Crippen LogP contribution in [-0.4, -0.2) is 22.2 Å². The van der Waals surface area contributed by atoms with Gasteiger partial charge in [-0.1, -0.05) is 11.6 Å². The van der Waals surface area contributed by atoms with Gasteiger partial charge in [0.15, 0.2) is 0 Å². The van der Waals surface area contributed by atoms with Gasteiger partial charge in [-0.3, -0.25) is 0 Å². The van der Waals surface area contributed by atoms with Crippen LogP contribution in [0.4, 0.5) is 0 Å². The zero-order valence-electron chi connectivity index (χ0n) is 7.24. The molecular weight excluding hydrogens is 208 g/mol. The van der Waals surface area contributed by atoms with Crippen molar-refractivity contribution in [2.75, 3.05) is 0 Å². The molecule has 4 nitrogen and oxygen atoms in total. The van der Waals surface area contributed by atoms with E-state index in [9.17, 15) is 9.59 Å². The summed E-state index contributed by atoms with van der Waals surface area (Å²) >= 11 is 5.58. The zero-order chi connectivity index (χ0) is 10.9. The summed E-state index contributed by atoms with van der Waals surface area (Å²) in [6.45, 7) is 1.43. The number of carboxylic acids is 2. The van der Waals surface area contributed by atoms with Gasteiger partial charge in [-0.2, -0.15) is 0 Å². The summed E-state index contributed by atoms with van der Waals surface area (Å²) in [6, 6.07) is 2.46. The standard InChI is InChI=1S/C9H7ClO4/c1-4-6(8(11)12)2-5(10)3-7(4)9(13)14/h2-3H,1H3,(H,11,12)(H,13,14). The van der Waals surface area contributed by atoms with Gasteiger partial charge in [-0.25, -0.2) is 9.59 Å². The van der Waals surface area contributed by atoms with E-state index in [0.717, 1.165) is 0 Å². The first-order chi connectivity index (χ1) is 6.43. The molecule has 74 valence electrons. The highest BCUT2D eigenvalue weighted by Crippen LogP contribution is 2.20. The van der Waals surface area contributed by atoms with Crippen LogP contribution in [0.25, 0.3) is 0 Å². The predicted molar refractivity (Wildman–Crippen MR) is 50.1 cm³/mol. The minimum Gasteiger partial charge on any atom is -0.478 e. The third-order valence-corrected chi connectivity index (χ3v) is 2.05. The maximum Gasteiger partial charge on any atom is 0.336 e. The van der Waals surface area contributed by atoms with Gasteiger partial charge in [0.25, 0.3) is 0 Å². The first-order valence-electron chi connectivity index (χ1n) is 3.70. The molecule has 0 saturated carbocycles. The number of hydrogen-bond acceptors (Lipinski definition) is 2. The lowest BCUT2D eigenvalue weighted by molar-refractivity contribution is 0.0696. The monoisotopic (exact) mass is 214 g/mol. The van der Waals surface area contributed by atoms with Gasteiger partial charge in [0.05, 0.1) is 11.1 Å². The first kappa shape index (κ1) is 10.5. The second kappa shape index (κ2) is 3.67. The number of hydrogen-bond donors (Lipinski definition) is 2. The fraction of sp³-hybridized carbons (Fsp3) is 0.111. The molecule has 0 amide bonds. The predicted octanol–water partition coefficient (Wildman–Crippen LogP) is 2.04. The van der Waals surface area contributed by atoms with Crippen molar-refractivity contribution in [1.29, 1.82) is 0 Å². The molecule has 0 fully saturated rings. The molecule has 0 spiro atoms. The van der Waals surface area contributed by atoms with Gasteiger partial charge < -0.3 is 10.2 Å². The van der Waals surface area contributed by atoms with Crippen molar-refractivity contribution >= 4 is 23.5 Å². The smallest absolute Gasteiger partial charge is 0.336 e. The zero-order valence-corrected chi connectivity index (χ0v) is 8.00. The van der Waals surface area contributed by atoms with Crippen molar-refractivity contribution < 1.29 is 19.8 Å². The van der Waals surface area contributed by atoms with E-state index in [1.165, 1.54) is 19.1 Å². The van der Waals surface area contributed by atoms with Crippen LogP contribution in [0.3, 0.4) is 0 Å². The largest absolute Gasteiger partial charge is 0.478 e. The van der Waals surface area contributed by atoms with Crippen LogP contribution < -0.4 is 0 Å². The average molecular weight is 215 g/mol. The lowest BCUT2D eigenvalue weighted by atomic mass is 10.0. The summed E-state index contributed by atoms with van der Waals surface area (Å²) in [5.41, 5.74) is 0.0270. The van der Waals surface area contributed by atoms with Gasteiger partial charge in [-0.05, 0) is 24.6 Å². The van der Waals surface area contributed by atoms with Gasteiger partial charge in [0.2, 0.25) is 0 Å². The molecule has 0 aliphatic rings. The molecule has 0 radical (unpaired) electrons. The third-order valence-electron chi connectivity index (χ3n) is 1.83. The quantitative estimate of drug-likeness (QED) is 0.790. The number of rotatable bonds is 2. The molecule has 0 aliphatic heterocycles. The summed E-state index contributed by atoms with van der Waals surface area (Å²) in [7, 11) is 0. The second-order valence-electron chi connectivity index (χ2n) is 2.74. The normalized spacial score (nSPS) is 9.86. The Balaban J connectivity index is 3.47. The van der Waals surface area contributed by atoms with E-state index >= 15 is 0 Å². The second-order valence-corrected chi connectivity index (χ2v) is 3.17. The van der Waals surface area contributed by atoms with Crippen molar-refractivity contribution in [1.82, 2.24) is 0 Å². The molecule has 14 heavy (non-hydrogen) atoms. The van der Waals surface area contributed by atoms with E-state index < -0.39 is 11.9 Å². The van der Waals surface area contributed by atoms with Crippen LogP contribution in [0.15, 0.2) is 12.1 Å². The number of carboxylic acid groups (broad SMARTS) is 2. The summed E-state index contributed by atoms with van der Waals surface area (Å²) in [5.74, 6) is -2.37. The van der Waals surface area contributed by atoms with Crippen LogP contribution in [0, 0.1) is 6.92 Å². The van der Waals surface area contributed by atoms with E-state index in [4.69, 9.17) is 21.8 Å². The highest BCUT2D eigenvalue weighted by atomic mass is 35.5. The molecule has 2 N–H and O–H groups in total. The minimum absolute atomic E-state index is 0.0881. The average Bonchev–Trinajstić information content (AvgIpc) is 2.07. The summed E-state index contributed by atoms with van der Waals surface area (Å²) in [6.07, 6.45) is 0. The van der Waals surface area contributed by atoms with E-state index in [1.54, 1.807) is 0 Å². The Morgan fingerprint density at radius 2 is 1.50 bits per heavy atom. The molecule has 0 saturated heterocycles. The summed E-state index contributed by atoms with van der Waals surface area (Å²) < 4.78 is 0. The van der Waals surface area contributed by atoms with Gasteiger partial charge in [0.1, 0.15) is 0 Å². The summed E-state index contributed by atoms with van der Waals surface area (Å²) in [4.78, 5) is 21.4. The molecule has 0 bridgehead atoms. The lowest BCUT2D eigenvalue weighted by Gasteiger charge is -2.05. The molecule has 1 aromatic carbocycles. The number of aromatic carboxylic acids is 2. The van der Waals surface area contributed by atoms with Crippen LogP contribution in [-0.2, 0) is 0 Å². The van der Waals surface area contributed by atoms with Crippen molar-refractivity contribution in [3.8, 4) is 0 Å². The van der Waals surface area contributed by atoms with Crippen LogP contribution in [0.5, 0.6) is 0 Å². The molecule has 5 heteroatoms. The van der Waals surface area contributed by atoms with E-state index in [1.807, 2.05) is 0 Å². The SMILES string of the molecule is Cc1c(C(=O)O)cc(Cl)cc1C(=O)O. The first-order valence-corrected chi connectivity index (χ1v) is 4.08.